The zero-order valence-corrected chi connectivity index (χ0v) is 10.7. The maximum absolute atomic E-state index is 9.79. The van der Waals surface area contributed by atoms with Gasteiger partial charge < -0.3 is 14.7 Å². The van der Waals surface area contributed by atoms with Crippen molar-refractivity contribution < 1.29 is 9.84 Å². The van der Waals surface area contributed by atoms with Gasteiger partial charge in [-0.05, 0) is 13.5 Å². The van der Waals surface area contributed by atoms with E-state index in [-0.39, 0.29) is 6.10 Å². The summed E-state index contributed by atoms with van der Waals surface area (Å²) in [7, 11) is 2.14. The minimum Gasteiger partial charge on any atom is -0.389 e. The quantitative estimate of drug-likeness (QED) is 0.643. The molecule has 4 heteroatoms. The molecule has 0 amide bonds. The number of aliphatic hydroxyl groups is 1. The Balaban J connectivity index is 2.02. The lowest BCUT2D eigenvalue weighted by atomic mass is 10.3. The van der Waals surface area contributed by atoms with Crippen molar-refractivity contribution in [2.24, 2.45) is 0 Å². The third kappa shape index (κ3) is 5.80. The van der Waals surface area contributed by atoms with Crippen LogP contribution in [0.3, 0.4) is 0 Å². The highest BCUT2D eigenvalue weighted by atomic mass is 16.5. The third-order valence-corrected chi connectivity index (χ3v) is 3.02. The second-order valence-corrected chi connectivity index (χ2v) is 4.69. The maximum atomic E-state index is 9.79. The molecule has 1 aliphatic heterocycles. The van der Waals surface area contributed by atoms with Gasteiger partial charge in [0.05, 0.1) is 12.7 Å². The van der Waals surface area contributed by atoms with Gasteiger partial charge in [0.2, 0.25) is 0 Å². The molecule has 0 aromatic heterocycles. The predicted octanol–water partition coefficient (Wildman–Crippen LogP) is 0.411. The van der Waals surface area contributed by atoms with Crippen molar-refractivity contribution in [1.29, 1.82) is 0 Å². The van der Waals surface area contributed by atoms with Crippen LogP contribution in [0.2, 0.25) is 0 Å². The third-order valence-electron chi connectivity index (χ3n) is 3.02. The number of hydrogen-bond acceptors (Lipinski definition) is 4. The highest BCUT2D eigenvalue weighted by Crippen LogP contribution is 2.01. The van der Waals surface area contributed by atoms with E-state index in [9.17, 15) is 5.11 Å². The summed E-state index contributed by atoms with van der Waals surface area (Å²) in [4.78, 5) is 4.63. The van der Waals surface area contributed by atoms with Crippen molar-refractivity contribution in [1.82, 2.24) is 9.80 Å². The molecule has 1 saturated heterocycles. The summed E-state index contributed by atoms with van der Waals surface area (Å²) in [5.74, 6) is 0. The minimum absolute atomic E-state index is 0.333. The summed E-state index contributed by atoms with van der Waals surface area (Å²) in [6.45, 7) is 8.46. The molecule has 1 rings (SSSR count). The van der Waals surface area contributed by atoms with E-state index in [2.05, 4.69) is 23.8 Å². The second-order valence-electron chi connectivity index (χ2n) is 4.69. The molecular weight excluding hydrogens is 204 g/mol. The number of likely N-dealkylation sites (N-methyl/N-ethyl adjacent to an activating group) is 1. The molecule has 16 heavy (non-hydrogen) atoms. The topological polar surface area (TPSA) is 35.9 Å². The van der Waals surface area contributed by atoms with E-state index < -0.39 is 0 Å². The van der Waals surface area contributed by atoms with Crippen molar-refractivity contribution in [3.8, 4) is 0 Å². The van der Waals surface area contributed by atoms with Crippen LogP contribution < -0.4 is 0 Å². The fourth-order valence-corrected chi connectivity index (χ4v) is 1.85. The molecule has 0 spiro atoms. The molecule has 1 unspecified atom stereocenters. The van der Waals surface area contributed by atoms with Crippen LogP contribution in [0.4, 0.5) is 0 Å². The number of piperazine rings is 1. The zero-order valence-electron chi connectivity index (χ0n) is 10.7. The van der Waals surface area contributed by atoms with E-state index in [1.54, 1.807) is 0 Å². The molecule has 0 saturated carbocycles. The molecule has 1 atom stereocenters. The molecule has 0 aliphatic carbocycles. The normalized spacial score (nSPS) is 21.2. The molecule has 1 fully saturated rings. The first-order valence-corrected chi connectivity index (χ1v) is 6.39. The minimum atomic E-state index is -0.333. The monoisotopic (exact) mass is 230 g/mol. The van der Waals surface area contributed by atoms with Crippen LogP contribution in [0.1, 0.15) is 19.8 Å². The smallest absolute Gasteiger partial charge is 0.0900 e. The lowest BCUT2D eigenvalue weighted by Gasteiger charge is -2.33. The van der Waals surface area contributed by atoms with Crippen LogP contribution in [-0.4, -0.2) is 74.0 Å². The van der Waals surface area contributed by atoms with Crippen molar-refractivity contribution in [2.75, 3.05) is 53.0 Å². The summed E-state index contributed by atoms with van der Waals surface area (Å²) in [5.41, 5.74) is 0. The Bertz CT molecular complexity index is 170. The van der Waals surface area contributed by atoms with Crippen molar-refractivity contribution >= 4 is 0 Å². The summed E-state index contributed by atoms with van der Waals surface area (Å²) in [6, 6.07) is 0. The standard InChI is InChI=1S/C12H26N2O2/c1-3-4-9-16-11-12(15)10-14-7-5-13(2)6-8-14/h12,15H,3-11H2,1-2H3. The van der Waals surface area contributed by atoms with Gasteiger partial charge >= 0.3 is 0 Å². The predicted molar refractivity (Wildman–Crippen MR) is 65.7 cm³/mol. The Hall–Kier alpha value is -0.160. The number of β-amino-alcohol motifs (C(OH)–C–C–N with tert-alkyl or cyclic N) is 1. The molecular formula is C12H26N2O2. The highest BCUT2D eigenvalue weighted by molar-refractivity contribution is 4.71. The molecule has 1 aliphatic rings. The lowest BCUT2D eigenvalue weighted by molar-refractivity contribution is 0.00821. The van der Waals surface area contributed by atoms with Gasteiger partial charge in [-0.25, -0.2) is 0 Å². The SMILES string of the molecule is CCCCOCC(O)CN1CCN(C)CC1. The average Bonchev–Trinajstić information content (AvgIpc) is 2.28. The first-order valence-electron chi connectivity index (χ1n) is 6.39. The zero-order chi connectivity index (χ0) is 11.8. The highest BCUT2D eigenvalue weighted by Gasteiger charge is 2.16. The summed E-state index contributed by atoms with van der Waals surface area (Å²) in [5, 5.41) is 9.79. The molecule has 4 nitrogen and oxygen atoms in total. The van der Waals surface area contributed by atoms with E-state index in [0.29, 0.717) is 6.61 Å². The first-order chi connectivity index (χ1) is 7.72. The summed E-state index contributed by atoms with van der Waals surface area (Å²) >= 11 is 0. The van der Waals surface area contributed by atoms with Crippen LogP contribution in [0, 0.1) is 0 Å². The van der Waals surface area contributed by atoms with Crippen molar-refractivity contribution in [2.45, 2.75) is 25.9 Å². The summed E-state index contributed by atoms with van der Waals surface area (Å²) in [6.07, 6.45) is 1.90. The molecule has 0 bridgehead atoms. The lowest BCUT2D eigenvalue weighted by Crippen LogP contribution is -2.47. The number of rotatable bonds is 7. The van der Waals surface area contributed by atoms with E-state index in [1.807, 2.05) is 0 Å². The van der Waals surface area contributed by atoms with Crippen molar-refractivity contribution in [3.63, 3.8) is 0 Å². The number of nitrogens with zero attached hydrogens (tertiary/aromatic N) is 2. The number of aliphatic hydroxyl groups excluding tert-OH is 1. The molecule has 1 N–H and O–H groups in total. The van der Waals surface area contributed by atoms with Crippen LogP contribution in [0.15, 0.2) is 0 Å². The molecule has 0 aromatic rings. The van der Waals surface area contributed by atoms with Gasteiger partial charge in [-0.3, -0.25) is 4.90 Å². The number of hydrogen-bond donors (Lipinski definition) is 1. The van der Waals surface area contributed by atoms with E-state index in [0.717, 1.165) is 52.2 Å². The van der Waals surface area contributed by atoms with Gasteiger partial charge in [0.1, 0.15) is 0 Å². The van der Waals surface area contributed by atoms with Gasteiger partial charge in [0.15, 0.2) is 0 Å². The van der Waals surface area contributed by atoms with Gasteiger partial charge in [0.25, 0.3) is 0 Å². The Labute approximate surface area is 99.2 Å². The maximum Gasteiger partial charge on any atom is 0.0900 e. The van der Waals surface area contributed by atoms with E-state index >= 15 is 0 Å². The van der Waals surface area contributed by atoms with E-state index in [4.69, 9.17) is 4.74 Å². The fourth-order valence-electron chi connectivity index (χ4n) is 1.85. The van der Waals surface area contributed by atoms with Crippen LogP contribution in [0.5, 0.6) is 0 Å². The summed E-state index contributed by atoms with van der Waals surface area (Å²) < 4.78 is 5.41. The van der Waals surface area contributed by atoms with Crippen LogP contribution in [-0.2, 0) is 4.74 Å². The molecule has 1 heterocycles. The Kier molecular flexibility index (Phi) is 6.96. The Morgan fingerprint density at radius 1 is 1.25 bits per heavy atom. The molecule has 0 radical (unpaired) electrons. The molecule has 96 valence electrons. The van der Waals surface area contributed by atoms with Gasteiger partial charge in [-0.2, -0.15) is 0 Å². The first kappa shape index (κ1) is 13.9. The van der Waals surface area contributed by atoms with Crippen LogP contribution >= 0.6 is 0 Å². The van der Waals surface area contributed by atoms with Gasteiger partial charge in [-0.15, -0.1) is 0 Å². The molecule has 0 aromatic carbocycles. The largest absolute Gasteiger partial charge is 0.389 e. The number of unbranched alkanes of at least 4 members (excludes halogenated alkanes) is 1. The fraction of sp³-hybridized carbons (Fsp3) is 1.00. The Morgan fingerprint density at radius 2 is 1.94 bits per heavy atom. The number of ether oxygens (including phenoxy) is 1. The van der Waals surface area contributed by atoms with E-state index in [1.165, 1.54) is 0 Å². The van der Waals surface area contributed by atoms with Crippen molar-refractivity contribution in [3.05, 3.63) is 0 Å². The van der Waals surface area contributed by atoms with Gasteiger partial charge in [0, 0.05) is 39.3 Å². The Morgan fingerprint density at radius 3 is 2.56 bits per heavy atom. The van der Waals surface area contributed by atoms with Crippen LogP contribution in [0.25, 0.3) is 0 Å². The van der Waals surface area contributed by atoms with Gasteiger partial charge in [-0.1, -0.05) is 13.3 Å². The average molecular weight is 230 g/mol. The second kappa shape index (κ2) is 8.01.